The van der Waals surface area contributed by atoms with Gasteiger partial charge in [-0.05, 0) is 30.1 Å². The summed E-state index contributed by atoms with van der Waals surface area (Å²) in [6.45, 7) is 9.34. The highest BCUT2D eigenvalue weighted by atomic mass is 32.2. The van der Waals surface area contributed by atoms with Crippen molar-refractivity contribution in [3.05, 3.63) is 41.7 Å². The van der Waals surface area contributed by atoms with Crippen molar-refractivity contribution >= 4 is 17.7 Å². The standard InChI is InChI=1S/C21H34N6S/c1-16(2)15-27-19(25-26-21(27)28-5)12-9-13-23-20(22-4)24-14-17(3)18-10-7-6-8-11-18/h6-8,10-11,16-17H,9,12-15H2,1-5H3,(H2,22,23,24). The Morgan fingerprint density at radius 3 is 2.54 bits per heavy atom. The number of guanidine groups is 1. The van der Waals surface area contributed by atoms with Crippen LogP contribution in [-0.4, -0.2) is 47.1 Å². The van der Waals surface area contributed by atoms with E-state index in [-0.39, 0.29) is 0 Å². The molecular weight excluding hydrogens is 368 g/mol. The third-order valence-electron chi connectivity index (χ3n) is 4.56. The fourth-order valence-electron chi connectivity index (χ4n) is 3.03. The normalized spacial score (nSPS) is 13.0. The van der Waals surface area contributed by atoms with Gasteiger partial charge in [0.25, 0.3) is 0 Å². The summed E-state index contributed by atoms with van der Waals surface area (Å²) in [6.07, 6.45) is 3.95. The molecule has 2 aromatic rings. The van der Waals surface area contributed by atoms with Crippen molar-refractivity contribution < 1.29 is 0 Å². The number of nitrogens with zero attached hydrogens (tertiary/aromatic N) is 4. The maximum Gasteiger partial charge on any atom is 0.190 e. The Morgan fingerprint density at radius 2 is 1.89 bits per heavy atom. The monoisotopic (exact) mass is 402 g/mol. The Kier molecular flexibility index (Phi) is 9.34. The predicted molar refractivity (Wildman–Crippen MR) is 119 cm³/mol. The number of hydrogen-bond donors (Lipinski definition) is 2. The zero-order valence-electron chi connectivity index (χ0n) is 17.8. The number of thioether (sulfide) groups is 1. The molecule has 0 aliphatic carbocycles. The van der Waals surface area contributed by atoms with Crippen LogP contribution < -0.4 is 10.6 Å². The SMILES string of the molecule is CN=C(NCCCc1nnc(SC)n1CC(C)C)NCC(C)c1ccccc1. The fraction of sp³-hybridized carbons (Fsp3) is 0.571. The van der Waals surface area contributed by atoms with Crippen LogP contribution in [0.25, 0.3) is 0 Å². The summed E-state index contributed by atoms with van der Waals surface area (Å²) in [5.41, 5.74) is 1.33. The molecule has 0 bridgehead atoms. The zero-order valence-corrected chi connectivity index (χ0v) is 18.6. The molecule has 7 heteroatoms. The number of aliphatic imine (C=N–C) groups is 1. The van der Waals surface area contributed by atoms with E-state index in [1.165, 1.54) is 5.56 Å². The molecule has 0 saturated carbocycles. The number of aryl methyl sites for hydroxylation is 1. The summed E-state index contributed by atoms with van der Waals surface area (Å²) in [5.74, 6) is 2.92. The van der Waals surface area contributed by atoms with Crippen LogP contribution in [0.5, 0.6) is 0 Å². The van der Waals surface area contributed by atoms with Gasteiger partial charge in [-0.2, -0.15) is 0 Å². The third kappa shape index (κ3) is 6.86. The van der Waals surface area contributed by atoms with Gasteiger partial charge in [-0.1, -0.05) is 62.9 Å². The Hall–Kier alpha value is -2.02. The van der Waals surface area contributed by atoms with Gasteiger partial charge in [-0.15, -0.1) is 10.2 Å². The lowest BCUT2D eigenvalue weighted by Crippen LogP contribution is -2.39. The lowest BCUT2D eigenvalue weighted by molar-refractivity contribution is 0.477. The van der Waals surface area contributed by atoms with Gasteiger partial charge in [-0.3, -0.25) is 4.99 Å². The Morgan fingerprint density at radius 1 is 1.14 bits per heavy atom. The van der Waals surface area contributed by atoms with Gasteiger partial charge >= 0.3 is 0 Å². The van der Waals surface area contributed by atoms with Crippen LogP contribution in [0.1, 0.15) is 44.5 Å². The Bertz CT molecular complexity index is 726. The summed E-state index contributed by atoms with van der Waals surface area (Å²) in [7, 11) is 1.81. The van der Waals surface area contributed by atoms with E-state index in [0.29, 0.717) is 11.8 Å². The molecule has 1 aromatic heterocycles. The Labute approximate surface area is 173 Å². The number of hydrogen-bond acceptors (Lipinski definition) is 4. The van der Waals surface area contributed by atoms with Crippen LogP contribution >= 0.6 is 11.8 Å². The molecule has 0 aliphatic heterocycles. The van der Waals surface area contributed by atoms with Crippen LogP contribution in [0.4, 0.5) is 0 Å². The molecule has 2 rings (SSSR count). The second-order valence-corrected chi connectivity index (χ2v) is 8.18. The average molecular weight is 403 g/mol. The van der Waals surface area contributed by atoms with Crippen molar-refractivity contribution in [3.8, 4) is 0 Å². The van der Waals surface area contributed by atoms with Gasteiger partial charge in [-0.25, -0.2) is 0 Å². The molecular formula is C21H34N6S. The van der Waals surface area contributed by atoms with Gasteiger partial charge < -0.3 is 15.2 Å². The number of aromatic nitrogens is 3. The highest BCUT2D eigenvalue weighted by molar-refractivity contribution is 7.98. The molecule has 0 radical (unpaired) electrons. The van der Waals surface area contributed by atoms with E-state index in [0.717, 1.165) is 49.4 Å². The van der Waals surface area contributed by atoms with E-state index in [4.69, 9.17) is 0 Å². The predicted octanol–water partition coefficient (Wildman–Crippen LogP) is 3.56. The van der Waals surface area contributed by atoms with Crippen molar-refractivity contribution in [2.45, 2.75) is 51.2 Å². The number of nitrogens with one attached hydrogen (secondary N) is 2. The molecule has 6 nitrogen and oxygen atoms in total. The van der Waals surface area contributed by atoms with Gasteiger partial charge in [0, 0.05) is 33.1 Å². The summed E-state index contributed by atoms with van der Waals surface area (Å²) in [4.78, 5) is 4.33. The summed E-state index contributed by atoms with van der Waals surface area (Å²) < 4.78 is 2.25. The summed E-state index contributed by atoms with van der Waals surface area (Å²) in [6, 6.07) is 10.5. The van der Waals surface area contributed by atoms with E-state index in [1.54, 1.807) is 11.8 Å². The summed E-state index contributed by atoms with van der Waals surface area (Å²) >= 11 is 1.66. The van der Waals surface area contributed by atoms with Crippen LogP contribution in [0.15, 0.2) is 40.5 Å². The molecule has 1 unspecified atom stereocenters. The minimum absolute atomic E-state index is 0.430. The average Bonchev–Trinajstić information content (AvgIpc) is 3.08. The van der Waals surface area contributed by atoms with Crippen molar-refractivity contribution in [1.82, 2.24) is 25.4 Å². The third-order valence-corrected chi connectivity index (χ3v) is 5.23. The minimum Gasteiger partial charge on any atom is -0.356 e. The maximum atomic E-state index is 4.39. The first-order valence-electron chi connectivity index (χ1n) is 10.0. The van der Waals surface area contributed by atoms with Crippen molar-refractivity contribution in [2.75, 3.05) is 26.4 Å². The molecule has 2 N–H and O–H groups in total. The quantitative estimate of drug-likeness (QED) is 0.275. The van der Waals surface area contributed by atoms with Gasteiger partial charge in [0.1, 0.15) is 5.82 Å². The second-order valence-electron chi connectivity index (χ2n) is 7.40. The largest absolute Gasteiger partial charge is 0.356 e. The van der Waals surface area contributed by atoms with Crippen LogP contribution in [-0.2, 0) is 13.0 Å². The van der Waals surface area contributed by atoms with E-state index in [2.05, 4.69) is 81.7 Å². The second kappa shape index (κ2) is 11.7. The van der Waals surface area contributed by atoms with Gasteiger partial charge in [0.2, 0.25) is 0 Å². The van der Waals surface area contributed by atoms with Crippen LogP contribution in [0.3, 0.4) is 0 Å². The zero-order chi connectivity index (χ0) is 20.4. The highest BCUT2D eigenvalue weighted by Gasteiger charge is 2.12. The molecule has 0 aliphatic rings. The Balaban J connectivity index is 1.77. The van der Waals surface area contributed by atoms with Gasteiger partial charge in [0.05, 0.1) is 0 Å². The number of rotatable bonds is 10. The molecule has 0 spiro atoms. The van der Waals surface area contributed by atoms with Crippen LogP contribution in [0, 0.1) is 5.92 Å². The first kappa shape index (κ1) is 22.3. The lowest BCUT2D eigenvalue weighted by atomic mass is 10.0. The summed E-state index contributed by atoms with van der Waals surface area (Å²) in [5, 5.41) is 16.5. The van der Waals surface area contributed by atoms with Crippen molar-refractivity contribution in [3.63, 3.8) is 0 Å². The van der Waals surface area contributed by atoms with E-state index >= 15 is 0 Å². The van der Waals surface area contributed by atoms with Crippen molar-refractivity contribution in [1.29, 1.82) is 0 Å². The van der Waals surface area contributed by atoms with E-state index in [9.17, 15) is 0 Å². The molecule has 1 aromatic carbocycles. The number of benzene rings is 1. The van der Waals surface area contributed by atoms with E-state index < -0.39 is 0 Å². The van der Waals surface area contributed by atoms with Gasteiger partial charge in [0.15, 0.2) is 11.1 Å². The molecule has 0 saturated heterocycles. The van der Waals surface area contributed by atoms with Crippen molar-refractivity contribution in [2.24, 2.45) is 10.9 Å². The molecule has 154 valence electrons. The van der Waals surface area contributed by atoms with E-state index in [1.807, 2.05) is 13.1 Å². The first-order chi connectivity index (χ1) is 13.5. The minimum atomic E-state index is 0.430. The highest BCUT2D eigenvalue weighted by Crippen LogP contribution is 2.16. The lowest BCUT2D eigenvalue weighted by Gasteiger charge is -2.16. The smallest absolute Gasteiger partial charge is 0.190 e. The first-order valence-corrected chi connectivity index (χ1v) is 11.2. The topological polar surface area (TPSA) is 67.1 Å². The molecule has 28 heavy (non-hydrogen) atoms. The molecule has 0 amide bonds. The fourth-order valence-corrected chi connectivity index (χ4v) is 3.55. The molecule has 1 atom stereocenters. The maximum absolute atomic E-state index is 4.39. The van der Waals surface area contributed by atoms with Crippen LogP contribution in [0.2, 0.25) is 0 Å². The molecule has 0 fully saturated rings. The molecule has 1 heterocycles.